The third kappa shape index (κ3) is 2.07. The molecule has 2 aliphatic rings. The molecule has 0 aromatic heterocycles. The van der Waals surface area contributed by atoms with Crippen molar-refractivity contribution >= 4 is 0 Å². The van der Waals surface area contributed by atoms with Gasteiger partial charge in [-0.2, -0.15) is 0 Å². The van der Waals surface area contributed by atoms with Crippen LogP contribution in [0.15, 0.2) is 0 Å². The zero-order valence-electron chi connectivity index (χ0n) is 8.94. The Kier molecular flexibility index (Phi) is 2.92. The molecule has 0 unspecified atom stereocenters. The van der Waals surface area contributed by atoms with Gasteiger partial charge in [-0.3, -0.25) is 0 Å². The van der Waals surface area contributed by atoms with Gasteiger partial charge < -0.3 is 5.32 Å². The molecule has 2 rings (SSSR count). The average molecular weight is 181 g/mol. The summed E-state index contributed by atoms with van der Waals surface area (Å²) in [5.74, 6) is 1.04. The Bertz CT molecular complexity index is 149. The van der Waals surface area contributed by atoms with E-state index in [4.69, 9.17) is 0 Å². The quantitative estimate of drug-likeness (QED) is 0.706. The smallest absolute Gasteiger partial charge is 0.00463 e. The molecule has 1 saturated heterocycles. The van der Waals surface area contributed by atoms with Crippen molar-refractivity contribution in [3.8, 4) is 0 Å². The van der Waals surface area contributed by atoms with Gasteiger partial charge in [-0.1, -0.05) is 19.8 Å². The summed E-state index contributed by atoms with van der Waals surface area (Å²) >= 11 is 0. The van der Waals surface area contributed by atoms with Gasteiger partial charge in [0.15, 0.2) is 0 Å². The number of piperidine rings is 1. The fourth-order valence-corrected chi connectivity index (χ4v) is 3.08. The maximum absolute atomic E-state index is 3.45. The highest BCUT2D eigenvalue weighted by Crippen LogP contribution is 2.49. The van der Waals surface area contributed by atoms with Crippen molar-refractivity contribution in [2.45, 2.75) is 51.9 Å². The van der Waals surface area contributed by atoms with Gasteiger partial charge in [0, 0.05) is 0 Å². The summed E-state index contributed by atoms with van der Waals surface area (Å²) in [6.45, 7) is 4.93. The van der Waals surface area contributed by atoms with Crippen molar-refractivity contribution in [1.82, 2.24) is 5.32 Å². The van der Waals surface area contributed by atoms with E-state index in [0.717, 1.165) is 11.3 Å². The Hall–Kier alpha value is -0.0400. The van der Waals surface area contributed by atoms with Crippen LogP contribution in [0.25, 0.3) is 0 Å². The summed E-state index contributed by atoms with van der Waals surface area (Å²) < 4.78 is 0. The van der Waals surface area contributed by atoms with Gasteiger partial charge in [-0.25, -0.2) is 0 Å². The van der Waals surface area contributed by atoms with Gasteiger partial charge in [-0.05, 0) is 56.5 Å². The molecule has 1 N–H and O–H groups in total. The predicted octanol–water partition coefficient (Wildman–Crippen LogP) is 2.96. The van der Waals surface area contributed by atoms with Crippen LogP contribution < -0.4 is 5.32 Å². The van der Waals surface area contributed by atoms with Gasteiger partial charge in [0.2, 0.25) is 0 Å². The third-order valence-corrected chi connectivity index (χ3v) is 4.34. The van der Waals surface area contributed by atoms with Crippen LogP contribution >= 0.6 is 0 Å². The first-order valence-electron chi connectivity index (χ1n) is 6.05. The van der Waals surface area contributed by atoms with Crippen molar-refractivity contribution in [2.75, 3.05) is 13.1 Å². The van der Waals surface area contributed by atoms with E-state index in [-0.39, 0.29) is 0 Å². The molecule has 0 atom stereocenters. The van der Waals surface area contributed by atoms with E-state index in [0.29, 0.717) is 0 Å². The largest absolute Gasteiger partial charge is 0.317 e. The number of nitrogens with one attached hydrogen (secondary N) is 1. The monoisotopic (exact) mass is 181 g/mol. The van der Waals surface area contributed by atoms with Crippen LogP contribution in [0, 0.1) is 11.3 Å². The average Bonchev–Trinajstić information content (AvgIpc) is 2.13. The molecule has 1 aliphatic heterocycles. The Labute approximate surface area is 82.3 Å². The van der Waals surface area contributed by atoms with E-state index in [1.165, 1.54) is 58.0 Å². The lowest BCUT2D eigenvalue weighted by molar-refractivity contribution is 0.0788. The molecule has 1 aliphatic carbocycles. The van der Waals surface area contributed by atoms with Crippen molar-refractivity contribution in [2.24, 2.45) is 11.3 Å². The lowest BCUT2D eigenvalue weighted by Gasteiger charge is -2.44. The second-order valence-electron chi connectivity index (χ2n) is 5.10. The molecule has 13 heavy (non-hydrogen) atoms. The van der Waals surface area contributed by atoms with Gasteiger partial charge in [-0.15, -0.1) is 0 Å². The Morgan fingerprint density at radius 3 is 2.38 bits per heavy atom. The van der Waals surface area contributed by atoms with Crippen LogP contribution in [0.1, 0.15) is 51.9 Å². The highest BCUT2D eigenvalue weighted by molar-refractivity contribution is 4.89. The zero-order valence-corrected chi connectivity index (χ0v) is 8.94. The second kappa shape index (κ2) is 4.00. The minimum Gasteiger partial charge on any atom is -0.317 e. The fourth-order valence-electron chi connectivity index (χ4n) is 3.08. The molecule has 1 heteroatoms. The first-order chi connectivity index (χ1) is 6.35. The lowest BCUT2D eigenvalue weighted by atomic mass is 9.62. The first kappa shape index (κ1) is 9.51. The first-order valence-corrected chi connectivity index (χ1v) is 6.05. The van der Waals surface area contributed by atoms with Gasteiger partial charge in [0.25, 0.3) is 0 Å². The minimum absolute atomic E-state index is 0.794. The van der Waals surface area contributed by atoms with E-state index in [2.05, 4.69) is 12.2 Å². The molecule has 1 heterocycles. The standard InChI is InChI=1S/C12H23N/c1-2-12(6-3-7-12)10-11-4-8-13-9-5-11/h11,13H,2-10H2,1H3. The van der Waals surface area contributed by atoms with E-state index in [1.807, 2.05) is 0 Å². The molecule has 0 radical (unpaired) electrons. The summed E-state index contributed by atoms with van der Waals surface area (Å²) in [6, 6.07) is 0. The summed E-state index contributed by atoms with van der Waals surface area (Å²) in [4.78, 5) is 0. The maximum Gasteiger partial charge on any atom is -0.00463 e. The van der Waals surface area contributed by atoms with E-state index in [1.54, 1.807) is 0 Å². The fraction of sp³-hybridized carbons (Fsp3) is 1.00. The van der Waals surface area contributed by atoms with Gasteiger partial charge in [0.1, 0.15) is 0 Å². The molecule has 76 valence electrons. The van der Waals surface area contributed by atoms with Crippen LogP contribution in [-0.2, 0) is 0 Å². The topological polar surface area (TPSA) is 12.0 Å². The lowest BCUT2D eigenvalue weighted by Crippen LogP contribution is -2.35. The van der Waals surface area contributed by atoms with E-state index >= 15 is 0 Å². The summed E-state index contributed by atoms with van der Waals surface area (Å²) in [5, 5.41) is 3.45. The van der Waals surface area contributed by atoms with Crippen LogP contribution in [0.3, 0.4) is 0 Å². The molecule has 0 bridgehead atoms. The molecule has 0 spiro atoms. The number of hydrogen-bond acceptors (Lipinski definition) is 1. The van der Waals surface area contributed by atoms with Gasteiger partial charge in [0.05, 0.1) is 0 Å². The number of hydrogen-bond donors (Lipinski definition) is 1. The molecule has 1 saturated carbocycles. The molecule has 0 amide bonds. The van der Waals surface area contributed by atoms with Crippen molar-refractivity contribution in [3.05, 3.63) is 0 Å². The highest BCUT2D eigenvalue weighted by atomic mass is 14.9. The van der Waals surface area contributed by atoms with Crippen molar-refractivity contribution < 1.29 is 0 Å². The van der Waals surface area contributed by atoms with Crippen LogP contribution in [0.2, 0.25) is 0 Å². The third-order valence-electron chi connectivity index (χ3n) is 4.34. The molecule has 2 fully saturated rings. The Balaban J connectivity index is 1.81. The van der Waals surface area contributed by atoms with Crippen molar-refractivity contribution in [3.63, 3.8) is 0 Å². The Morgan fingerprint density at radius 2 is 1.92 bits per heavy atom. The zero-order chi connectivity index (χ0) is 9.15. The summed E-state index contributed by atoms with van der Waals surface area (Å²) in [7, 11) is 0. The molecule has 0 aromatic carbocycles. The second-order valence-corrected chi connectivity index (χ2v) is 5.10. The van der Waals surface area contributed by atoms with Crippen molar-refractivity contribution in [1.29, 1.82) is 0 Å². The molecule has 1 nitrogen and oxygen atoms in total. The molecule has 0 aromatic rings. The SMILES string of the molecule is CCC1(CC2CCNCC2)CCC1. The molecular weight excluding hydrogens is 158 g/mol. The maximum atomic E-state index is 3.45. The number of rotatable bonds is 3. The molecular formula is C12H23N. The predicted molar refractivity (Wildman–Crippen MR) is 56.8 cm³/mol. The van der Waals surface area contributed by atoms with Crippen LogP contribution in [0.4, 0.5) is 0 Å². The van der Waals surface area contributed by atoms with E-state index < -0.39 is 0 Å². The summed E-state index contributed by atoms with van der Waals surface area (Å²) in [6.07, 6.45) is 10.4. The van der Waals surface area contributed by atoms with Crippen LogP contribution in [-0.4, -0.2) is 13.1 Å². The van der Waals surface area contributed by atoms with Gasteiger partial charge >= 0.3 is 0 Å². The highest BCUT2D eigenvalue weighted by Gasteiger charge is 2.36. The minimum atomic E-state index is 0.794. The normalized spacial score (nSPS) is 28.4. The Morgan fingerprint density at radius 1 is 1.23 bits per heavy atom. The van der Waals surface area contributed by atoms with Crippen LogP contribution in [0.5, 0.6) is 0 Å². The summed E-state index contributed by atoms with van der Waals surface area (Å²) in [5.41, 5.74) is 0.794. The van der Waals surface area contributed by atoms with E-state index in [9.17, 15) is 0 Å².